The van der Waals surface area contributed by atoms with Crippen molar-refractivity contribution in [1.29, 1.82) is 0 Å². The molecule has 0 unspecified atom stereocenters. The monoisotopic (exact) mass is 410 g/mol. The Hall–Kier alpha value is -2.51. The maximum absolute atomic E-state index is 12.4. The second-order valence-corrected chi connectivity index (χ2v) is 8.50. The number of nitrogens with zero attached hydrogens (tertiary/aromatic N) is 4. The normalized spacial score (nSPS) is 15.0. The highest BCUT2D eigenvalue weighted by Gasteiger charge is 2.22. The minimum atomic E-state index is 0.264. The van der Waals surface area contributed by atoms with Gasteiger partial charge in [0, 0.05) is 43.0 Å². The second-order valence-electron chi connectivity index (χ2n) is 7.47. The fourth-order valence-electron chi connectivity index (χ4n) is 3.51. The Labute approximate surface area is 175 Å². The zero-order valence-electron chi connectivity index (χ0n) is 16.7. The van der Waals surface area contributed by atoms with Crippen LogP contribution in [-0.2, 0) is 17.8 Å². The molecule has 0 radical (unpaired) electrons. The molecule has 1 saturated heterocycles. The van der Waals surface area contributed by atoms with Gasteiger partial charge < -0.3 is 9.42 Å². The number of aromatic nitrogens is 2. The maximum atomic E-state index is 12.4. The molecule has 1 aromatic carbocycles. The predicted molar refractivity (Wildman–Crippen MR) is 114 cm³/mol. The van der Waals surface area contributed by atoms with Crippen LogP contribution in [0.4, 0.5) is 0 Å². The van der Waals surface area contributed by atoms with Crippen molar-refractivity contribution >= 4 is 17.2 Å². The zero-order chi connectivity index (χ0) is 20.1. The van der Waals surface area contributed by atoms with Crippen LogP contribution in [0.1, 0.15) is 29.2 Å². The van der Waals surface area contributed by atoms with E-state index in [0.29, 0.717) is 24.7 Å². The van der Waals surface area contributed by atoms with E-state index in [9.17, 15) is 4.79 Å². The van der Waals surface area contributed by atoms with Crippen LogP contribution in [0.5, 0.6) is 0 Å². The van der Waals surface area contributed by atoms with Gasteiger partial charge in [0.15, 0.2) is 0 Å². The van der Waals surface area contributed by atoms with Crippen LogP contribution < -0.4 is 0 Å². The molecule has 0 spiro atoms. The van der Waals surface area contributed by atoms with Crippen LogP contribution in [0.15, 0.2) is 46.3 Å². The average Bonchev–Trinajstić information content (AvgIpc) is 3.41. The molecular weight excluding hydrogens is 384 g/mol. The molecule has 29 heavy (non-hydrogen) atoms. The molecule has 1 amide bonds. The molecule has 0 N–H and O–H groups in total. The fraction of sp³-hybridized carbons (Fsp3) is 0.409. The van der Waals surface area contributed by atoms with E-state index in [2.05, 4.69) is 39.5 Å². The standard InChI is InChI=1S/C22H26N4O2S/c1-17-7-9-18(10-8-17)22-23-20(28-24-22)16-25-11-13-26(14-12-25)21(27)6-2-4-19-5-3-15-29-19/h3,5,7-10,15H,2,4,6,11-14,16H2,1H3. The number of rotatable bonds is 7. The Kier molecular flexibility index (Phi) is 6.36. The van der Waals surface area contributed by atoms with E-state index >= 15 is 0 Å². The lowest BCUT2D eigenvalue weighted by Crippen LogP contribution is -2.48. The Bertz CT molecular complexity index is 913. The molecule has 0 aliphatic carbocycles. The van der Waals surface area contributed by atoms with Crippen molar-refractivity contribution in [2.75, 3.05) is 26.2 Å². The third-order valence-corrected chi connectivity index (χ3v) is 6.19. The summed E-state index contributed by atoms with van der Waals surface area (Å²) in [5.41, 5.74) is 2.17. The van der Waals surface area contributed by atoms with Crippen molar-refractivity contribution in [2.24, 2.45) is 0 Å². The minimum Gasteiger partial charge on any atom is -0.340 e. The lowest BCUT2D eigenvalue weighted by Gasteiger charge is -2.34. The summed E-state index contributed by atoms with van der Waals surface area (Å²) in [4.78, 5) is 22.6. The van der Waals surface area contributed by atoms with Crippen LogP contribution in [-0.4, -0.2) is 52.0 Å². The largest absolute Gasteiger partial charge is 0.340 e. The van der Waals surface area contributed by atoms with Gasteiger partial charge in [0.1, 0.15) is 0 Å². The van der Waals surface area contributed by atoms with Gasteiger partial charge in [-0.15, -0.1) is 11.3 Å². The van der Waals surface area contributed by atoms with Crippen molar-refractivity contribution < 1.29 is 9.32 Å². The smallest absolute Gasteiger partial charge is 0.241 e. The zero-order valence-corrected chi connectivity index (χ0v) is 17.5. The van der Waals surface area contributed by atoms with Crippen LogP contribution >= 0.6 is 11.3 Å². The molecule has 2 aromatic heterocycles. The van der Waals surface area contributed by atoms with Crippen molar-refractivity contribution in [3.8, 4) is 11.4 Å². The summed E-state index contributed by atoms with van der Waals surface area (Å²) in [7, 11) is 0. The molecule has 7 heteroatoms. The molecular formula is C22H26N4O2S. The number of hydrogen-bond acceptors (Lipinski definition) is 6. The van der Waals surface area contributed by atoms with Gasteiger partial charge in [0.25, 0.3) is 0 Å². The molecule has 1 fully saturated rings. The Balaban J connectivity index is 1.21. The summed E-state index contributed by atoms with van der Waals surface area (Å²) in [6, 6.07) is 12.3. The molecule has 152 valence electrons. The third-order valence-electron chi connectivity index (χ3n) is 5.26. The van der Waals surface area contributed by atoms with Crippen molar-refractivity contribution in [2.45, 2.75) is 32.7 Å². The Morgan fingerprint density at radius 3 is 2.66 bits per heavy atom. The van der Waals surface area contributed by atoms with Crippen LogP contribution in [0.2, 0.25) is 0 Å². The topological polar surface area (TPSA) is 62.5 Å². The number of carbonyl (C=O) groups is 1. The van der Waals surface area contributed by atoms with E-state index in [1.54, 1.807) is 11.3 Å². The van der Waals surface area contributed by atoms with Gasteiger partial charge >= 0.3 is 0 Å². The fourth-order valence-corrected chi connectivity index (χ4v) is 4.26. The number of benzene rings is 1. The first-order chi connectivity index (χ1) is 14.2. The third kappa shape index (κ3) is 5.31. The highest BCUT2D eigenvalue weighted by atomic mass is 32.1. The maximum Gasteiger partial charge on any atom is 0.241 e. The highest BCUT2D eigenvalue weighted by Crippen LogP contribution is 2.18. The van der Waals surface area contributed by atoms with Gasteiger partial charge in [-0.05, 0) is 31.2 Å². The SMILES string of the molecule is Cc1ccc(-c2noc(CN3CCN(C(=O)CCCc4cccs4)CC3)n2)cc1. The van der Waals surface area contributed by atoms with Crippen LogP contribution in [0, 0.1) is 6.92 Å². The number of hydrogen-bond donors (Lipinski definition) is 0. The predicted octanol–water partition coefficient (Wildman–Crippen LogP) is 3.77. The number of aryl methyl sites for hydroxylation is 2. The Morgan fingerprint density at radius 1 is 1.14 bits per heavy atom. The summed E-state index contributed by atoms with van der Waals surface area (Å²) >= 11 is 1.76. The van der Waals surface area contributed by atoms with E-state index in [4.69, 9.17) is 4.52 Å². The minimum absolute atomic E-state index is 0.264. The van der Waals surface area contributed by atoms with Gasteiger partial charge in [-0.3, -0.25) is 9.69 Å². The van der Waals surface area contributed by atoms with Crippen molar-refractivity contribution in [1.82, 2.24) is 19.9 Å². The molecule has 0 bridgehead atoms. The van der Waals surface area contributed by atoms with E-state index in [1.807, 2.05) is 29.2 Å². The van der Waals surface area contributed by atoms with Gasteiger partial charge in [-0.25, -0.2) is 0 Å². The van der Waals surface area contributed by atoms with Gasteiger partial charge in [0.05, 0.1) is 6.54 Å². The molecule has 4 rings (SSSR count). The molecule has 0 atom stereocenters. The van der Waals surface area contributed by atoms with E-state index in [1.165, 1.54) is 10.4 Å². The molecule has 6 nitrogen and oxygen atoms in total. The molecule has 1 aliphatic heterocycles. The van der Waals surface area contributed by atoms with Crippen molar-refractivity contribution in [3.63, 3.8) is 0 Å². The average molecular weight is 411 g/mol. The number of carbonyl (C=O) groups excluding carboxylic acids is 1. The summed E-state index contributed by atoms with van der Waals surface area (Å²) in [6.07, 6.45) is 2.54. The highest BCUT2D eigenvalue weighted by molar-refractivity contribution is 7.09. The molecule has 0 saturated carbocycles. The lowest BCUT2D eigenvalue weighted by atomic mass is 10.1. The van der Waals surface area contributed by atoms with Crippen LogP contribution in [0.25, 0.3) is 11.4 Å². The summed E-state index contributed by atoms with van der Waals surface area (Å²) in [6.45, 7) is 5.87. The summed E-state index contributed by atoms with van der Waals surface area (Å²) < 4.78 is 5.43. The van der Waals surface area contributed by atoms with E-state index in [-0.39, 0.29) is 5.91 Å². The first kappa shape index (κ1) is 19.8. The first-order valence-corrected chi connectivity index (χ1v) is 11.0. The number of thiophene rings is 1. The van der Waals surface area contributed by atoms with Gasteiger partial charge in [-0.1, -0.05) is 41.1 Å². The Morgan fingerprint density at radius 2 is 1.93 bits per heavy atom. The van der Waals surface area contributed by atoms with Gasteiger partial charge in [0.2, 0.25) is 17.6 Å². The number of amides is 1. The van der Waals surface area contributed by atoms with Gasteiger partial charge in [-0.2, -0.15) is 4.98 Å². The quantitative estimate of drug-likeness (QED) is 0.593. The molecule has 1 aliphatic rings. The lowest BCUT2D eigenvalue weighted by molar-refractivity contribution is -0.133. The molecule has 3 heterocycles. The summed E-state index contributed by atoms with van der Waals surface area (Å²) in [5, 5.41) is 6.19. The first-order valence-electron chi connectivity index (χ1n) is 10.1. The van der Waals surface area contributed by atoms with E-state index in [0.717, 1.165) is 44.6 Å². The molecule has 3 aromatic rings. The van der Waals surface area contributed by atoms with Crippen molar-refractivity contribution in [3.05, 3.63) is 58.1 Å². The van der Waals surface area contributed by atoms with E-state index < -0.39 is 0 Å². The number of piperazine rings is 1. The second kappa shape index (κ2) is 9.33. The van der Waals surface area contributed by atoms with Crippen LogP contribution in [0.3, 0.4) is 0 Å². The summed E-state index contributed by atoms with van der Waals surface area (Å²) in [5.74, 6) is 1.51.